The second kappa shape index (κ2) is 6.01. The van der Waals surface area contributed by atoms with Gasteiger partial charge in [0.1, 0.15) is 11.6 Å². The quantitative estimate of drug-likeness (QED) is 0.598. The molecular formula is C18H19N7. The van der Waals surface area contributed by atoms with Gasteiger partial charge in [-0.15, -0.1) is 0 Å². The van der Waals surface area contributed by atoms with Gasteiger partial charge in [-0.3, -0.25) is 5.10 Å². The molecule has 0 amide bonds. The van der Waals surface area contributed by atoms with E-state index in [9.17, 15) is 0 Å². The van der Waals surface area contributed by atoms with Gasteiger partial charge in [0, 0.05) is 17.7 Å². The van der Waals surface area contributed by atoms with Gasteiger partial charge in [0.05, 0.1) is 17.4 Å². The van der Waals surface area contributed by atoms with Crippen molar-refractivity contribution in [1.82, 2.24) is 29.8 Å². The summed E-state index contributed by atoms with van der Waals surface area (Å²) in [7, 11) is 0. The molecule has 7 heteroatoms. The number of anilines is 1. The Bertz CT molecular complexity index is 1020. The summed E-state index contributed by atoms with van der Waals surface area (Å²) in [5, 5.41) is 15.1. The highest BCUT2D eigenvalue weighted by Crippen LogP contribution is 2.24. The maximum atomic E-state index is 4.73. The first kappa shape index (κ1) is 15.3. The second-order valence-electron chi connectivity index (χ2n) is 6.09. The van der Waals surface area contributed by atoms with Gasteiger partial charge in [-0.25, -0.2) is 9.97 Å². The summed E-state index contributed by atoms with van der Waals surface area (Å²) in [6.07, 6.45) is 0. The Balaban J connectivity index is 1.78. The molecule has 0 aliphatic heterocycles. The van der Waals surface area contributed by atoms with Crippen molar-refractivity contribution < 1.29 is 0 Å². The third kappa shape index (κ3) is 2.96. The number of hydrogen-bond donors (Lipinski definition) is 2. The predicted molar refractivity (Wildman–Crippen MR) is 96.3 cm³/mol. The van der Waals surface area contributed by atoms with Gasteiger partial charge in [0.25, 0.3) is 0 Å². The molecule has 4 rings (SSSR count). The number of aromatic nitrogens is 6. The van der Waals surface area contributed by atoms with E-state index in [2.05, 4.69) is 25.6 Å². The normalized spacial score (nSPS) is 12.4. The van der Waals surface area contributed by atoms with Crippen molar-refractivity contribution in [2.24, 2.45) is 0 Å². The summed E-state index contributed by atoms with van der Waals surface area (Å²) >= 11 is 0. The Labute approximate surface area is 145 Å². The van der Waals surface area contributed by atoms with E-state index in [0.29, 0.717) is 5.82 Å². The van der Waals surface area contributed by atoms with Crippen LogP contribution < -0.4 is 5.32 Å². The van der Waals surface area contributed by atoms with Gasteiger partial charge < -0.3 is 5.32 Å². The van der Waals surface area contributed by atoms with Gasteiger partial charge in [-0.2, -0.15) is 14.7 Å². The van der Waals surface area contributed by atoms with Gasteiger partial charge in [-0.1, -0.05) is 30.3 Å². The van der Waals surface area contributed by atoms with Crippen molar-refractivity contribution in [3.63, 3.8) is 0 Å². The molecule has 0 saturated heterocycles. The van der Waals surface area contributed by atoms with E-state index < -0.39 is 0 Å². The van der Waals surface area contributed by atoms with E-state index >= 15 is 0 Å². The molecule has 0 radical (unpaired) electrons. The Morgan fingerprint density at radius 1 is 1.08 bits per heavy atom. The highest BCUT2D eigenvalue weighted by molar-refractivity contribution is 5.66. The molecule has 126 valence electrons. The molecule has 1 aromatic carbocycles. The summed E-state index contributed by atoms with van der Waals surface area (Å²) in [6.45, 7) is 5.87. The van der Waals surface area contributed by atoms with Crippen LogP contribution in [0.5, 0.6) is 0 Å². The van der Waals surface area contributed by atoms with Crippen LogP contribution in [-0.2, 0) is 0 Å². The number of benzene rings is 1. The van der Waals surface area contributed by atoms with E-state index in [1.54, 1.807) is 0 Å². The van der Waals surface area contributed by atoms with Crippen LogP contribution in [0.4, 0.5) is 5.82 Å². The second-order valence-corrected chi connectivity index (χ2v) is 6.09. The van der Waals surface area contributed by atoms with Crippen LogP contribution in [0.1, 0.15) is 30.3 Å². The lowest BCUT2D eigenvalue weighted by molar-refractivity contribution is 0.775. The third-order valence-corrected chi connectivity index (χ3v) is 3.99. The number of aromatic amines is 1. The minimum atomic E-state index is -0.0660. The number of H-pyrrole nitrogens is 1. The molecule has 3 heterocycles. The molecule has 1 atom stereocenters. The summed E-state index contributed by atoms with van der Waals surface area (Å²) < 4.78 is 1.82. The van der Waals surface area contributed by atoms with Gasteiger partial charge in [0.15, 0.2) is 11.5 Å². The van der Waals surface area contributed by atoms with Crippen molar-refractivity contribution in [2.45, 2.75) is 26.8 Å². The van der Waals surface area contributed by atoms with Crippen LogP contribution >= 0.6 is 0 Å². The zero-order valence-electron chi connectivity index (χ0n) is 14.4. The maximum absolute atomic E-state index is 4.73. The van der Waals surface area contributed by atoms with Crippen molar-refractivity contribution in [3.05, 3.63) is 59.8 Å². The number of fused-ring (bicyclic) bond motifs is 1. The summed E-state index contributed by atoms with van der Waals surface area (Å²) in [5.74, 6) is 2.36. The zero-order valence-corrected chi connectivity index (χ0v) is 14.4. The molecule has 0 aliphatic rings. The number of nitrogens with one attached hydrogen (secondary N) is 2. The summed E-state index contributed by atoms with van der Waals surface area (Å²) in [6, 6.07) is 14.0. The number of rotatable bonds is 4. The average Bonchev–Trinajstić information content (AvgIpc) is 3.20. The van der Waals surface area contributed by atoms with E-state index in [1.807, 2.05) is 67.8 Å². The van der Waals surface area contributed by atoms with E-state index in [0.717, 1.165) is 34.2 Å². The van der Waals surface area contributed by atoms with Gasteiger partial charge >= 0.3 is 0 Å². The van der Waals surface area contributed by atoms with Crippen LogP contribution in [0.15, 0.2) is 42.5 Å². The Morgan fingerprint density at radius 2 is 1.88 bits per heavy atom. The van der Waals surface area contributed by atoms with Crippen molar-refractivity contribution in [2.75, 3.05) is 5.32 Å². The van der Waals surface area contributed by atoms with Crippen LogP contribution in [-0.4, -0.2) is 29.8 Å². The lowest BCUT2D eigenvalue weighted by Gasteiger charge is -2.14. The third-order valence-electron chi connectivity index (χ3n) is 3.99. The first-order valence-corrected chi connectivity index (χ1v) is 8.18. The predicted octanol–water partition coefficient (Wildman–Crippen LogP) is 3.30. The minimum Gasteiger partial charge on any atom is -0.360 e. The van der Waals surface area contributed by atoms with Crippen LogP contribution in [0.2, 0.25) is 0 Å². The standard InChI is InChI=1S/C18H19N7/c1-11-9-16-21-15(14-7-5-4-6-8-14)10-17(25(16)24-11)19-12(2)18-20-13(3)22-23-18/h4-10,12,19H,1-3H3,(H,20,22,23)/t12-/m1/s1. The average molecular weight is 333 g/mol. The molecule has 25 heavy (non-hydrogen) atoms. The first-order chi connectivity index (χ1) is 12.1. The molecular weight excluding hydrogens is 314 g/mol. The fourth-order valence-corrected chi connectivity index (χ4v) is 2.79. The fraction of sp³-hybridized carbons (Fsp3) is 0.222. The summed E-state index contributed by atoms with van der Waals surface area (Å²) in [4.78, 5) is 9.13. The molecule has 0 spiro atoms. The molecule has 4 aromatic rings. The Morgan fingerprint density at radius 3 is 2.60 bits per heavy atom. The number of hydrogen-bond acceptors (Lipinski definition) is 5. The topological polar surface area (TPSA) is 83.8 Å². The van der Waals surface area contributed by atoms with Gasteiger partial charge in [0.2, 0.25) is 0 Å². The van der Waals surface area contributed by atoms with Crippen LogP contribution in [0.3, 0.4) is 0 Å². The molecule has 0 unspecified atom stereocenters. The lowest BCUT2D eigenvalue weighted by atomic mass is 10.1. The Kier molecular flexibility index (Phi) is 3.68. The van der Waals surface area contributed by atoms with Crippen LogP contribution in [0, 0.1) is 13.8 Å². The minimum absolute atomic E-state index is 0.0660. The highest BCUT2D eigenvalue weighted by atomic mass is 15.3. The lowest BCUT2D eigenvalue weighted by Crippen LogP contribution is -2.12. The van der Waals surface area contributed by atoms with E-state index in [1.165, 1.54) is 0 Å². The van der Waals surface area contributed by atoms with Crippen LogP contribution in [0.25, 0.3) is 16.9 Å². The SMILES string of the molecule is Cc1cc2nc(-c3ccccc3)cc(N[C@H](C)c3n[nH]c(C)n3)n2n1. The van der Waals surface area contributed by atoms with Gasteiger partial charge in [-0.05, 0) is 20.8 Å². The zero-order chi connectivity index (χ0) is 17.4. The molecule has 0 bridgehead atoms. The van der Waals surface area contributed by atoms with E-state index in [-0.39, 0.29) is 6.04 Å². The highest BCUT2D eigenvalue weighted by Gasteiger charge is 2.15. The molecule has 0 aliphatic carbocycles. The Hall–Kier alpha value is -3.22. The largest absolute Gasteiger partial charge is 0.360 e. The monoisotopic (exact) mass is 333 g/mol. The maximum Gasteiger partial charge on any atom is 0.172 e. The molecule has 7 nitrogen and oxygen atoms in total. The van der Waals surface area contributed by atoms with E-state index in [4.69, 9.17) is 4.98 Å². The fourth-order valence-electron chi connectivity index (χ4n) is 2.79. The molecule has 2 N–H and O–H groups in total. The first-order valence-electron chi connectivity index (χ1n) is 8.18. The van der Waals surface area contributed by atoms with Crippen molar-refractivity contribution >= 4 is 11.5 Å². The number of nitrogens with zero attached hydrogens (tertiary/aromatic N) is 5. The van der Waals surface area contributed by atoms with Crippen molar-refractivity contribution in [1.29, 1.82) is 0 Å². The smallest absolute Gasteiger partial charge is 0.172 e. The van der Waals surface area contributed by atoms with Crippen molar-refractivity contribution in [3.8, 4) is 11.3 Å². The molecule has 3 aromatic heterocycles. The molecule has 0 fully saturated rings. The number of aryl methyl sites for hydroxylation is 2. The summed E-state index contributed by atoms with van der Waals surface area (Å²) in [5.41, 5.74) is 3.68. The molecule has 0 saturated carbocycles.